The summed E-state index contributed by atoms with van der Waals surface area (Å²) < 4.78 is 5.04. The van der Waals surface area contributed by atoms with Crippen molar-refractivity contribution >= 4 is 12.2 Å². The molecule has 18 heavy (non-hydrogen) atoms. The highest BCUT2D eigenvalue weighted by molar-refractivity contribution is 5.83. The summed E-state index contributed by atoms with van der Waals surface area (Å²) in [5.41, 5.74) is 1.00. The average molecular weight is 247 g/mol. The molecule has 0 aromatic heterocycles. The van der Waals surface area contributed by atoms with Crippen molar-refractivity contribution in [1.29, 1.82) is 0 Å². The fourth-order valence-corrected chi connectivity index (χ4v) is 1.60. The van der Waals surface area contributed by atoms with Gasteiger partial charge in [-0.3, -0.25) is 4.99 Å². The molecule has 0 N–H and O–H groups in total. The third-order valence-corrected chi connectivity index (χ3v) is 2.59. The third-order valence-electron chi connectivity index (χ3n) is 2.59. The van der Waals surface area contributed by atoms with Crippen LogP contribution in [0, 0.1) is 0 Å². The van der Waals surface area contributed by atoms with Crippen LogP contribution in [0.15, 0.2) is 35.3 Å². The molecular weight excluding hydrogens is 226 g/mol. The van der Waals surface area contributed by atoms with Crippen LogP contribution >= 0.6 is 0 Å². The van der Waals surface area contributed by atoms with Crippen molar-refractivity contribution < 1.29 is 9.53 Å². The SMILES string of the molecule is CCCCC(/N=C/c1ccccc1)C(=O)OCC. The molecule has 1 rings (SSSR count). The van der Waals surface area contributed by atoms with Gasteiger partial charge in [-0.05, 0) is 18.9 Å². The lowest BCUT2D eigenvalue weighted by Crippen LogP contribution is -2.21. The summed E-state index contributed by atoms with van der Waals surface area (Å²) in [4.78, 5) is 16.1. The lowest BCUT2D eigenvalue weighted by Gasteiger charge is -2.10. The Morgan fingerprint density at radius 2 is 2.06 bits per heavy atom. The molecule has 1 atom stereocenters. The third kappa shape index (κ3) is 5.13. The van der Waals surface area contributed by atoms with Gasteiger partial charge in [0.15, 0.2) is 0 Å². The van der Waals surface area contributed by atoms with Crippen LogP contribution in [-0.4, -0.2) is 24.8 Å². The number of carbonyl (C=O) groups excluding carboxylic acids is 1. The standard InChI is InChI=1S/C15H21NO2/c1-3-5-11-14(15(17)18-4-2)16-12-13-9-7-6-8-10-13/h6-10,12,14H,3-5,11H2,1-2H3/b16-12+. The minimum Gasteiger partial charge on any atom is -0.464 e. The quantitative estimate of drug-likeness (QED) is 0.548. The molecule has 0 spiro atoms. The molecule has 0 heterocycles. The molecule has 0 aliphatic heterocycles. The Kier molecular flexibility index (Phi) is 6.77. The first-order valence-electron chi connectivity index (χ1n) is 6.52. The summed E-state index contributed by atoms with van der Waals surface area (Å²) in [7, 11) is 0. The van der Waals surface area contributed by atoms with Crippen molar-refractivity contribution in [2.24, 2.45) is 4.99 Å². The number of ether oxygens (including phenoxy) is 1. The molecule has 1 aromatic rings. The number of carbonyl (C=O) groups is 1. The monoisotopic (exact) mass is 247 g/mol. The maximum atomic E-state index is 11.7. The van der Waals surface area contributed by atoms with E-state index in [0.717, 1.165) is 24.8 Å². The zero-order valence-electron chi connectivity index (χ0n) is 11.1. The zero-order chi connectivity index (χ0) is 13.2. The summed E-state index contributed by atoms with van der Waals surface area (Å²) in [6, 6.07) is 9.42. The van der Waals surface area contributed by atoms with E-state index < -0.39 is 0 Å². The van der Waals surface area contributed by atoms with Gasteiger partial charge in [-0.2, -0.15) is 0 Å². The first-order valence-corrected chi connectivity index (χ1v) is 6.52. The van der Waals surface area contributed by atoms with Gasteiger partial charge >= 0.3 is 5.97 Å². The molecule has 98 valence electrons. The predicted octanol–water partition coefficient (Wildman–Crippen LogP) is 3.23. The molecule has 0 saturated carbocycles. The van der Waals surface area contributed by atoms with Gasteiger partial charge in [0.05, 0.1) is 6.61 Å². The van der Waals surface area contributed by atoms with E-state index in [4.69, 9.17) is 4.74 Å². The minimum absolute atomic E-state index is 0.224. The number of esters is 1. The Morgan fingerprint density at radius 1 is 1.33 bits per heavy atom. The topological polar surface area (TPSA) is 38.7 Å². The van der Waals surface area contributed by atoms with E-state index in [9.17, 15) is 4.79 Å². The normalized spacial score (nSPS) is 12.6. The molecule has 0 radical (unpaired) electrons. The van der Waals surface area contributed by atoms with E-state index in [-0.39, 0.29) is 12.0 Å². The molecule has 3 nitrogen and oxygen atoms in total. The summed E-state index contributed by atoms with van der Waals surface area (Å²) in [5, 5.41) is 0. The minimum atomic E-state index is -0.370. The summed E-state index contributed by atoms with van der Waals surface area (Å²) in [6.07, 6.45) is 4.53. The molecule has 0 fully saturated rings. The number of unbranched alkanes of at least 4 members (excludes halogenated alkanes) is 1. The largest absolute Gasteiger partial charge is 0.464 e. The van der Waals surface area contributed by atoms with Gasteiger partial charge in [0.25, 0.3) is 0 Å². The second-order valence-electron chi connectivity index (χ2n) is 4.10. The Bertz CT molecular complexity index is 373. The summed E-state index contributed by atoms with van der Waals surface area (Å²) in [6.45, 7) is 4.32. The Hall–Kier alpha value is -1.64. The second kappa shape index (κ2) is 8.45. The van der Waals surface area contributed by atoms with Crippen molar-refractivity contribution in [3.05, 3.63) is 35.9 Å². The van der Waals surface area contributed by atoms with Crippen LogP contribution in [-0.2, 0) is 9.53 Å². The van der Waals surface area contributed by atoms with Crippen molar-refractivity contribution in [3.8, 4) is 0 Å². The van der Waals surface area contributed by atoms with Crippen LogP contribution in [0.5, 0.6) is 0 Å². The second-order valence-corrected chi connectivity index (χ2v) is 4.10. The molecule has 1 aromatic carbocycles. The van der Waals surface area contributed by atoms with E-state index in [1.807, 2.05) is 37.3 Å². The smallest absolute Gasteiger partial charge is 0.330 e. The molecule has 0 amide bonds. The van der Waals surface area contributed by atoms with E-state index in [1.54, 1.807) is 6.21 Å². The van der Waals surface area contributed by atoms with Gasteiger partial charge in [-0.1, -0.05) is 50.1 Å². The van der Waals surface area contributed by atoms with E-state index >= 15 is 0 Å². The molecule has 0 saturated heterocycles. The molecule has 0 aliphatic carbocycles. The number of hydrogen-bond acceptors (Lipinski definition) is 3. The maximum Gasteiger partial charge on any atom is 0.330 e. The number of rotatable bonds is 7. The molecule has 3 heteroatoms. The highest BCUT2D eigenvalue weighted by atomic mass is 16.5. The van der Waals surface area contributed by atoms with Crippen LogP contribution in [0.1, 0.15) is 38.7 Å². The van der Waals surface area contributed by atoms with E-state index in [2.05, 4.69) is 11.9 Å². The van der Waals surface area contributed by atoms with Gasteiger partial charge in [-0.25, -0.2) is 4.79 Å². The maximum absolute atomic E-state index is 11.7. The molecule has 0 aliphatic rings. The highest BCUT2D eigenvalue weighted by Gasteiger charge is 2.16. The van der Waals surface area contributed by atoms with Crippen LogP contribution in [0.4, 0.5) is 0 Å². The fourth-order valence-electron chi connectivity index (χ4n) is 1.60. The Balaban J connectivity index is 2.65. The predicted molar refractivity (Wildman–Crippen MR) is 74.0 cm³/mol. The van der Waals surface area contributed by atoms with Gasteiger partial charge in [0.1, 0.15) is 6.04 Å². The van der Waals surface area contributed by atoms with Gasteiger partial charge in [0, 0.05) is 6.21 Å². The van der Waals surface area contributed by atoms with Crippen LogP contribution in [0.3, 0.4) is 0 Å². The van der Waals surface area contributed by atoms with E-state index in [1.165, 1.54) is 0 Å². The Morgan fingerprint density at radius 3 is 2.67 bits per heavy atom. The summed E-state index contributed by atoms with van der Waals surface area (Å²) >= 11 is 0. The van der Waals surface area contributed by atoms with Crippen molar-refractivity contribution in [2.45, 2.75) is 39.2 Å². The fraction of sp³-hybridized carbons (Fsp3) is 0.467. The summed E-state index contributed by atoms with van der Waals surface area (Å²) in [5.74, 6) is -0.224. The van der Waals surface area contributed by atoms with Crippen molar-refractivity contribution in [3.63, 3.8) is 0 Å². The first-order chi connectivity index (χ1) is 8.77. The highest BCUT2D eigenvalue weighted by Crippen LogP contribution is 2.07. The first kappa shape index (κ1) is 14.4. The van der Waals surface area contributed by atoms with Crippen LogP contribution in [0.2, 0.25) is 0 Å². The lowest BCUT2D eigenvalue weighted by atomic mass is 10.1. The lowest BCUT2D eigenvalue weighted by molar-refractivity contribution is -0.144. The zero-order valence-corrected chi connectivity index (χ0v) is 11.1. The molecular formula is C15H21NO2. The van der Waals surface area contributed by atoms with Crippen molar-refractivity contribution in [1.82, 2.24) is 0 Å². The number of aliphatic imine (C=N–C) groups is 1. The van der Waals surface area contributed by atoms with Crippen LogP contribution < -0.4 is 0 Å². The number of hydrogen-bond donors (Lipinski definition) is 0. The van der Waals surface area contributed by atoms with Crippen molar-refractivity contribution in [2.75, 3.05) is 6.61 Å². The Labute approximate surface area is 109 Å². The van der Waals surface area contributed by atoms with Crippen LogP contribution in [0.25, 0.3) is 0 Å². The van der Waals surface area contributed by atoms with Gasteiger partial charge in [0.2, 0.25) is 0 Å². The number of nitrogens with zero attached hydrogens (tertiary/aromatic N) is 1. The number of benzene rings is 1. The molecule has 0 bridgehead atoms. The molecule has 1 unspecified atom stereocenters. The van der Waals surface area contributed by atoms with E-state index in [0.29, 0.717) is 6.61 Å². The van der Waals surface area contributed by atoms with Gasteiger partial charge < -0.3 is 4.74 Å². The van der Waals surface area contributed by atoms with Gasteiger partial charge in [-0.15, -0.1) is 0 Å². The average Bonchev–Trinajstić information content (AvgIpc) is 2.40.